The second-order valence-electron chi connectivity index (χ2n) is 6.81. The third-order valence-electron chi connectivity index (χ3n) is 4.30. The molecular formula is C16H18N18O8. The second-order valence-corrected chi connectivity index (χ2v) is 6.81. The lowest BCUT2D eigenvalue weighted by Gasteiger charge is -1.94. The minimum Gasteiger partial charge on any atom is -0.376 e. The summed E-state index contributed by atoms with van der Waals surface area (Å²) in [4.78, 5) is 39.9. The van der Waals surface area contributed by atoms with Crippen molar-refractivity contribution in [2.75, 3.05) is 22.9 Å². The molecule has 0 aliphatic carbocycles. The number of hydrogen-bond acceptors (Lipinski definition) is 18. The van der Waals surface area contributed by atoms with Crippen LogP contribution in [-0.2, 0) is 0 Å². The summed E-state index contributed by atoms with van der Waals surface area (Å²) in [5.41, 5.74) is 17.8. The molecule has 0 amide bonds. The summed E-state index contributed by atoms with van der Waals surface area (Å²) in [5, 5.41) is 80.4. The van der Waals surface area contributed by atoms with Crippen LogP contribution >= 0.6 is 0 Å². The van der Waals surface area contributed by atoms with Crippen molar-refractivity contribution in [3.63, 3.8) is 0 Å². The molecule has 4 aromatic heterocycles. The molecule has 0 spiro atoms. The van der Waals surface area contributed by atoms with E-state index in [1.54, 1.807) is 12.1 Å². The van der Waals surface area contributed by atoms with Gasteiger partial charge >= 0.3 is 22.7 Å². The van der Waals surface area contributed by atoms with E-state index in [4.69, 9.17) is 33.5 Å². The van der Waals surface area contributed by atoms with Gasteiger partial charge in [-0.3, -0.25) is 60.9 Å². The lowest BCUT2D eigenvalue weighted by atomic mass is 10.2. The van der Waals surface area contributed by atoms with E-state index in [1.807, 2.05) is 0 Å². The van der Waals surface area contributed by atoms with E-state index in [0.717, 1.165) is 0 Å². The van der Waals surface area contributed by atoms with Crippen LogP contribution in [-0.4, -0.2) is 60.5 Å². The van der Waals surface area contributed by atoms with Crippen LogP contribution in [0.4, 0.5) is 46.0 Å². The van der Waals surface area contributed by atoms with Crippen LogP contribution in [0.15, 0.2) is 0 Å². The molecule has 12 N–H and O–H groups in total. The first-order valence-corrected chi connectivity index (χ1v) is 10.2. The maximum Gasteiger partial charge on any atom is 0.340 e. The molecule has 4 heterocycles. The Labute approximate surface area is 229 Å². The highest BCUT2D eigenvalue weighted by Crippen LogP contribution is 2.39. The van der Waals surface area contributed by atoms with Crippen molar-refractivity contribution in [2.24, 2.45) is 0 Å². The fourth-order valence-corrected chi connectivity index (χ4v) is 2.84. The van der Waals surface area contributed by atoms with Gasteiger partial charge in [0.25, 0.3) is 0 Å². The normalized spacial score (nSPS) is 9.33. The summed E-state index contributed by atoms with van der Waals surface area (Å²) in [7, 11) is 0. The average Bonchev–Trinajstić information content (AvgIpc) is 3.65. The fraction of sp³-hybridized carbons (Fsp3) is 0.125. The summed E-state index contributed by atoms with van der Waals surface area (Å²) < 4.78 is 0. The van der Waals surface area contributed by atoms with Gasteiger partial charge in [-0.15, -0.1) is 20.4 Å². The Balaban J connectivity index is 0.000000354. The predicted octanol–water partition coefficient (Wildman–Crippen LogP) is 0.621. The quantitative estimate of drug-likeness (QED) is 0.113. The molecule has 4 rings (SSSR count). The zero-order valence-electron chi connectivity index (χ0n) is 21.0. The Morgan fingerprint density at radius 1 is 0.524 bits per heavy atom. The number of nitriles is 2. The monoisotopic (exact) mass is 590 g/mol. The number of hydrogen-bond donors (Lipinski definition) is 8. The van der Waals surface area contributed by atoms with Crippen LogP contribution in [0.1, 0.15) is 13.8 Å². The molecule has 220 valence electrons. The fourth-order valence-electron chi connectivity index (χ4n) is 2.84. The van der Waals surface area contributed by atoms with E-state index in [-0.39, 0.29) is 22.8 Å². The number of rotatable bonds is 6. The molecule has 0 saturated carbocycles. The molecule has 26 nitrogen and oxygen atoms in total. The first-order valence-electron chi connectivity index (χ1n) is 10.2. The SMILES string of the molecule is CC#N.CC#N.Nc1n[nH]c(-c2[nH]nc(N)c2[N+](=O)[O-])c1[N+](=O)[O-].Nc1n[nH]c(-c2[nH]nc(N)c2[N+](=O)[O-])c1[N+](=O)[O-]. The number of nitrogens with one attached hydrogen (secondary N) is 4. The lowest BCUT2D eigenvalue weighted by Crippen LogP contribution is -1.97. The van der Waals surface area contributed by atoms with Crippen molar-refractivity contribution in [3.05, 3.63) is 40.5 Å². The highest BCUT2D eigenvalue weighted by molar-refractivity contribution is 5.83. The number of anilines is 4. The van der Waals surface area contributed by atoms with Crippen molar-refractivity contribution in [3.8, 4) is 34.9 Å². The van der Waals surface area contributed by atoms with Crippen molar-refractivity contribution >= 4 is 46.0 Å². The van der Waals surface area contributed by atoms with Gasteiger partial charge in [-0.05, 0) is 0 Å². The molecule has 26 heteroatoms. The molecule has 0 radical (unpaired) electrons. The van der Waals surface area contributed by atoms with Gasteiger partial charge in [0.05, 0.1) is 31.8 Å². The standard InChI is InChI=1S/2C6H6N8O4.2C2H3N/c2*7-5-3(13(15)16)1(9-11-5)2-4(14(17)18)6(8)12-10-2;2*1-2-3/h2*(H3,7,9,11)(H3,8,10,12);2*1H3. The Morgan fingerprint density at radius 2 is 0.667 bits per heavy atom. The summed E-state index contributed by atoms with van der Waals surface area (Å²) in [5.74, 6) is -1.56. The topological polar surface area (TPSA) is 439 Å². The van der Waals surface area contributed by atoms with Crippen LogP contribution in [0.5, 0.6) is 0 Å². The molecule has 42 heavy (non-hydrogen) atoms. The number of aromatic nitrogens is 8. The number of aromatic amines is 4. The molecule has 0 aromatic carbocycles. The van der Waals surface area contributed by atoms with Gasteiger partial charge in [0.15, 0.2) is 22.8 Å². The molecule has 0 fully saturated rings. The molecule has 0 bridgehead atoms. The van der Waals surface area contributed by atoms with Gasteiger partial charge in [-0.25, -0.2) is 0 Å². The Kier molecular flexibility index (Phi) is 10.9. The third-order valence-corrected chi connectivity index (χ3v) is 4.30. The highest BCUT2D eigenvalue weighted by Gasteiger charge is 2.34. The number of nitrogens with two attached hydrogens (primary N) is 4. The molecule has 0 unspecified atom stereocenters. The van der Waals surface area contributed by atoms with Gasteiger partial charge in [0.2, 0.25) is 23.3 Å². The molecule has 0 aliphatic heterocycles. The Hall–Kier alpha value is -7.38. The second kappa shape index (κ2) is 14.0. The number of nitro groups is 4. The minimum atomic E-state index is -0.811. The van der Waals surface area contributed by atoms with Crippen LogP contribution in [0.2, 0.25) is 0 Å². The first kappa shape index (κ1) is 32.6. The number of nitrogen functional groups attached to an aromatic ring is 4. The van der Waals surface area contributed by atoms with Crippen molar-refractivity contribution in [2.45, 2.75) is 13.8 Å². The van der Waals surface area contributed by atoms with E-state index in [9.17, 15) is 40.5 Å². The minimum absolute atomic E-state index is 0.256. The van der Waals surface area contributed by atoms with Crippen molar-refractivity contribution in [1.82, 2.24) is 40.8 Å². The van der Waals surface area contributed by atoms with E-state index in [2.05, 4.69) is 40.8 Å². The van der Waals surface area contributed by atoms with Gasteiger partial charge in [0.1, 0.15) is 0 Å². The summed E-state index contributed by atoms with van der Waals surface area (Å²) in [6, 6.07) is 3.50. The van der Waals surface area contributed by atoms with E-state index >= 15 is 0 Å². The molecular weight excluding hydrogens is 572 g/mol. The highest BCUT2D eigenvalue weighted by atomic mass is 16.6. The van der Waals surface area contributed by atoms with Gasteiger partial charge in [-0.2, -0.15) is 10.5 Å². The van der Waals surface area contributed by atoms with Crippen LogP contribution in [0.3, 0.4) is 0 Å². The number of H-pyrrole nitrogens is 4. The van der Waals surface area contributed by atoms with Gasteiger partial charge in [0, 0.05) is 13.8 Å². The number of nitrogens with zero attached hydrogens (tertiary/aromatic N) is 10. The summed E-state index contributed by atoms with van der Waals surface area (Å²) >= 11 is 0. The Morgan fingerprint density at radius 3 is 0.786 bits per heavy atom. The first-order chi connectivity index (χ1) is 19.7. The van der Waals surface area contributed by atoms with Crippen LogP contribution < -0.4 is 22.9 Å². The van der Waals surface area contributed by atoms with E-state index < -0.39 is 65.7 Å². The van der Waals surface area contributed by atoms with Crippen LogP contribution in [0.25, 0.3) is 22.8 Å². The summed E-state index contributed by atoms with van der Waals surface area (Å²) in [6.07, 6.45) is 0. The smallest absolute Gasteiger partial charge is 0.340 e. The molecule has 0 aliphatic rings. The van der Waals surface area contributed by atoms with E-state index in [0.29, 0.717) is 0 Å². The van der Waals surface area contributed by atoms with Crippen molar-refractivity contribution < 1.29 is 19.7 Å². The Bertz CT molecular complexity index is 1460. The summed E-state index contributed by atoms with van der Waals surface area (Å²) in [6.45, 7) is 2.86. The zero-order valence-corrected chi connectivity index (χ0v) is 21.0. The average molecular weight is 590 g/mol. The zero-order chi connectivity index (χ0) is 32.3. The molecule has 4 aromatic rings. The maximum absolute atomic E-state index is 10.8. The van der Waals surface area contributed by atoms with E-state index in [1.165, 1.54) is 13.8 Å². The maximum atomic E-state index is 10.8. The predicted molar refractivity (Wildman–Crippen MR) is 139 cm³/mol. The van der Waals surface area contributed by atoms with Crippen molar-refractivity contribution in [1.29, 1.82) is 10.5 Å². The third kappa shape index (κ3) is 6.93. The van der Waals surface area contributed by atoms with Gasteiger partial charge in [-0.1, -0.05) is 0 Å². The molecule has 0 atom stereocenters. The largest absolute Gasteiger partial charge is 0.376 e. The molecule has 0 saturated heterocycles. The lowest BCUT2D eigenvalue weighted by molar-refractivity contribution is -0.385. The van der Waals surface area contributed by atoms with Crippen LogP contribution in [0, 0.1) is 63.1 Å². The van der Waals surface area contributed by atoms with Gasteiger partial charge < -0.3 is 22.9 Å².